The summed E-state index contributed by atoms with van der Waals surface area (Å²) in [5.74, 6) is -14.3. The van der Waals surface area contributed by atoms with Gasteiger partial charge in [-0.1, -0.05) is 0 Å². The number of ether oxygens (including phenoxy) is 3. The number of aromatic hydroxyl groups is 1. The number of nitrogens with two attached hydrogens (primary N) is 1. The van der Waals surface area contributed by atoms with Crippen LogP contribution in [-0.2, 0) is 14.3 Å². The van der Waals surface area contributed by atoms with E-state index in [4.69, 9.17) is 15.2 Å². The second-order valence-corrected chi connectivity index (χ2v) is 13.6. The molecule has 0 saturated heterocycles. The molecule has 0 aliphatic carbocycles. The molecule has 17 nitrogen and oxygen atoms in total. The van der Waals surface area contributed by atoms with E-state index in [0.717, 1.165) is 6.20 Å². The minimum absolute atomic E-state index is 0.0242. The number of hydrogen-bond donors (Lipinski definition) is 4. The number of carbonyl (C=O) groups excluding carboxylic acids is 3. The number of halogens is 6. The second kappa shape index (κ2) is 18.5. The van der Waals surface area contributed by atoms with E-state index in [2.05, 4.69) is 24.7 Å². The molecule has 0 fully saturated rings. The fraction of sp³-hybridized carbons (Fsp3) is 0.143. The van der Waals surface area contributed by atoms with E-state index in [1.165, 1.54) is 73.6 Å². The third-order valence-corrected chi connectivity index (χ3v) is 9.09. The molecule has 4 heterocycles. The monoisotopic (exact) mass is 907 g/mol. The van der Waals surface area contributed by atoms with Gasteiger partial charge < -0.3 is 44.5 Å². The summed E-state index contributed by atoms with van der Waals surface area (Å²) < 4.78 is 98.2. The normalized spacial score (nSPS) is 11.4. The van der Waals surface area contributed by atoms with Gasteiger partial charge in [0.15, 0.2) is 40.6 Å². The molecule has 8 rings (SSSR count). The molecule has 0 atom stereocenters. The zero-order valence-corrected chi connectivity index (χ0v) is 33.9. The molecule has 7 aromatic rings. The number of nitrogens with zero attached hydrogens (tertiary/aromatic N) is 4. The van der Waals surface area contributed by atoms with Gasteiger partial charge in [0.1, 0.15) is 22.4 Å². The van der Waals surface area contributed by atoms with Crippen molar-refractivity contribution in [3.05, 3.63) is 144 Å². The first kappa shape index (κ1) is 46.0. The molecule has 1 aliphatic heterocycles. The number of phenols is 1. The molecule has 5 N–H and O–H groups in total. The number of nitrogens with one attached hydrogen (secondary N) is 2. The van der Waals surface area contributed by atoms with Gasteiger partial charge in [-0.25, -0.2) is 41.5 Å². The number of rotatable bonds is 7. The first-order valence-electron chi connectivity index (χ1n) is 18.6. The third kappa shape index (κ3) is 8.91. The Hall–Kier alpha value is -8.50. The van der Waals surface area contributed by atoms with Gasteiger partial charge in [-0.15, -0.1) is 0 Å². The van der Waals surface area contributed by atoms with Crippen molar-refractivity contribution in [2.45, 2.75) is 13.8 Å². The molecule has 0 saturated carbocycles. The number of phenolic OH excluding ortho intramolecular Hbond substituents is 1. The average molecular weight is 908 g/mol. The molecule has 3 aromatic heterocycles. The third-order valence-electron chi connectivity index (χ3n) is 9.09. The van der Waals surface area contributed by atoms with Crippen molar-refractivity contribution in [1.82, 2.24) is 29.4 Å². The van der Waals surface area contributed by atoms with Crippen LogP contribution in [0.1, 0.15) is 34.6 Å². The minimum Gasteiger partial charge on any atom is -0.506 e. The van der Waals surface area contributed by atoms with Crippen LogP contribution >= 0.6 is 0 Å². The Morgan fingerprint density at radius 3 is 2.00 bits per heavy atom. The van der Waals surface area contributed by atoms with Gasteiger partial charge in [0, 0.05) is 26.5 Å². The highest BCUT2D eigenvalue weighted by molar-refractivity contribution is 6.24. The van der Waals surface area contributed by atoms with Crippen molar-refractivity contribution in [2.24, 2.45) is 0 Å². The van der Waals surface area contributed by atoms with Crippen molar-refractivity contribution in [3.63, 3.8) is 0 Å². The van der Waals surface area contributed by atoms with Crippen molar-refractivity contribution in [3.8, 4) is 22.9 Å². The Labute approximate surface area is 358 Å². The van der Waals surface area contributed by atoms with Crippen molar-refractivity contribution >= 4 is 56.1 Å². The number of anilines is 1. The molecule has 336 valence electrons. The summed E-state index contributed by atoms with van der Waals surface area (Å²) in [7, 11) is 2.93. The number of esters is 2. The lowest BCUT2D eigenvalue weighted by Crippen LogP contribution is -2.23. The predicted octanol–water partition coefficient (Wildman–Crippen LogP) is 5.43. The number of fused-ring (bicyclic) bond motifs is 4. The Bertz CT molecular complexity index is 3330. The predicted molar refractivity (Wildman–Crippen MR) is 219 cm³/mol. The standard InChI is InChI=1S/C20H11F2N3O5.C14H13F4NO3.C8H7N3O2/c1-2-29-20(28)10-6-25-13-5-12-8(19(27)24-7-23-12)4-14(13)30-18-15(22)11(21)3-9(16(18)25)17(10)26;1-4-22-14(21)8(6-19(2)3)13(20)7-5-9(15)11(17)12(18)10(7)16;9-5-2-6-4(1-7(5)12)8(13)11-3-10-6/h3-7H,2H2,1H3,(H,23,24,27);5-6H,4H2,1-3H3;1-3,12H,9H2,(H,10,11,13)/b;8-6-;. The number of aromatic nitrogens is 5. The zero-order valence-electron chi connectivity index (χ0n) is 33.9. The minimum atomic E-state index is -2.13. The fourth-order valence-electron chi connectivity index (χ4n) is 6.18. The number of nitrogen functional groups attached to an aromatic ring is 1. The molecule has 0 bridgehead atoms. The lowest BCUT2D eigenvalue weighted by Gasteiger charge is -2.24. The molecule has 0 radical (unpaired) electrons. The molecule has 1 aliphatic rings. The van der Waals surface area contributed by atoms with E-state index < -0.39 is 80.5 Å². The van der Waals surface area contributed by atoms with Gasteiger partial charge in [0.25, 0.3) is 11.1 Å². The van der Waals surface area contributed by atoms with E-state index in [-0.39, 0.29) is 69.6 Å². The van der Waals surface area contributed by atoms with Gasteiger partial charge in [0.05, 0.1) is 70.0 Å². The fourth-order valence-corrected chi connectivity index (χ4v) is 6.18. The smallest absolute Gasteiger partial charge is 0.343 e. The maximum Gasteiger partial charge on any atom is 0.343 e. The second-order valence-electron chi connectivity index (χ2n) is 13.6. The summed E-state index contributed by atoms with van der Waals surface area (Å²) in [4.78, 5) is 86.4. The number of Topliss-reactive ketones (excluding diaryl/α,β-unsaturated/α-hetero) is 1. The van der Waals surface area contributed by atoms with Gasteiger partial charge in [0.2, 0.25) is 17.0 Å². The maximum atomic E-state index is 14.6. The average Bonchev–Trinajstić information content (AvgIpc) is 3.26. The van der Waals surface area contributed by atoms with E-state index in [1.54, 1.807) is 6.92 Å². The highest BCUT2D eigenvalue weighted by Crippen LogP contribution is 2.43. The summed E-state index contributed by atoms with van der Waals surface area (Å²) in [6.07, 6.45) is 4.71. The van der Waals surface area contributed by atoms with Crippen molar-refractivity contribution in [1.29, 1.82) is 0 Å². The molecule has 0 amide bonds. The lowest BCUT2D eigenvalue weighted by atomic mass is 10.0. The van der Waals surface area contributed by atoms with E-state index in [0.29, 0.717) is 22.5 Å². The number of H-pyrrole nitrogens is 2. The molecule has 65 heavy (non-hydrogen) atoms. The van der Waals surface area contributed by atoms with Crippen LogP contribution in [0.3, 0.4) is 0 Å². The van der Waals surface area contributed by atoms with Crippen LogP contribution in [0.15, 0.2) is 81.4 Å². The van der Waals surface area contributed by atoms with E-state index in [9.17, 15) is 60.2 Å². The summed E-state index contributed by atoms with van der Waals surface area (Å²) in [5, 5.41) is 9.48. The first-order chi connectivity index (χ1) is 30.8. The summed E-state index contributed by atoms with van der Waals surface area (Å²) in [6.45, 7) is 3.02. The molecule has 0 spiro atoms. The number of hydrogen-bond acceptors (Lipinski definition) is 14. The van der Waals surface area contributed by atoms with Crippen LogP contribution in [0.4, 0.5) is 32.0 Å². The summed E-state index contributed by atoms with van der Waals surface area (Å²) >= 11 is 0. The number of pyridine rings is 1. The number of aromatic amines is 2. The van der Waals surface area contributed by atoms with Crippen molar-refractivity contribution < 1.29 is 60.0 Å². The highest BCUT2D eigenvalue weighted by Gasteiger charge is 2.31. The topological polar surface area (TPSA) is 242 Å². The van der Waals surface area contributed by atoms with E-state index in [1.807, 2.05) is 0 Å². The Balaban J connectivity index is 0.000000175. The first-order valence-corrected chi connectivity index (χ1v) is 18.6. The molecule has 0 unspecified atom stereocenters. The van der Waals surface area contributed by atoms with Crippen LogP contribution in [-0.4, -0.2) is 79.5 Å². The Kier molecular flexibility index (Phi) is 13.1. The molecule has 23 heteroatoms. The number of ketones is 1. The maximum absolute atomic E-state index is 14.6. The Morgan fingerprint density at radius 2 is 1.38 bits per heavy atom. The largest absolute Gasteiger partial charge is 0.506 e. The van der Waals surface area contributed by atoms with Crippen LogP contribution < -0.4 is 27.0 Å². The molecular formula is C42H31F6N7O10. The molecule has 4 aromatic carbocycles. The highest BCUT2D eigenvalue weighted by atomic mass is 19.2. The summed E-state index contributed by atoms with van der Waals surface area (Å²) in [5.41, 5.74) is 3.00. The van der Waals surface area contributed by atoms with Gasteiger partial charge in [-0.05, 0) is 50.2 Å². The van der Waals surface area contributed by atoms with Crippen LogP contribution in [0.5, 0.6) is 17.2 Å². The number of carbonyl (C=O) groups is 3. The van der Waals surface area contributed by atoms with Crippen LogP contribution in [0, 0.1) is 34.9 Å². The van der Waals surface area contributed by atoms with Crippen LogP contribution in [0.2, 0.25) is 0 Å². The lowest BCUT2D eigenvalue weighted by molar-refractivity contribution is -0.138. The van der Waals surface area contributed by atoms with E-state index >= 15 is 0 Å². The SMILES string of the molecule is CCOC(=O)/C(=C\N(C)C)C(=O)c1cc(F)c(F)c(F)c1F.CCOC(=O)c1cn2c3c(c(F)c(F)cc3c1=O)Oc1cc3c(=O)[nH]cnc3cc1-2.Nc1cc2nc[nH]c(=O)c2cc1O. The number of benzene rings is 4. The van der Waals surface area contributed by atoms with Crippen LogP contribution in [0.25, 0.3) is 38.4 Å². The summed E-state index contributed by atoms with van der Waals surface area (Å²) in [6, 6.07) is 6.49. The molecular weight excluding hydrogens is 876 g/mol. The van der Waals surface area contributed by atoms with Gasteiger partial charge >= 0.3 is 11.9 Å². The zero-order chi connectivity index (χ0) is 47.6. The van der Waals surface area contributed by atoms with Gasteiger partial charge in [-0.2, -0.15) is 4.39 Å². The quantitative estimate of drug-likeness (QED) is 0.0149. The Morgan fingerprint density at radius 1 is 0.785 bits per heavy atom. The van der Waals surface area contributed by atoms with Gasteiger partial charge in [-0.3, -0.25) is 19.2 Å². The van der Waals surface area contributed by atoms with Crippen molar-refractivity contribution in [2.75, 3.05) is 33.0 Å².